The number of aromatic nitrogens is 1. The summed E-state index contributed by atoms with van der Waals surface area (Å²) in [4.78, 5) is 43.4. The number of piperidine rings is 1. The molecule has 2 aromatic carbocycles. The topological polar surface area (TPSA) is 94.3 Å². The fourth-order valence-electron chi connectivity index (χ4n) is 5.58. The number of carbonyl (C=O) groups excluding carboxylic acids is 3. The lowest BCUT2D eigenvalue weighted by atomic mass is 9.96. The van der Waals surface area contributed by atoms with Crippen molar-refractivity contribution < 1.29 is 14.4 Å². The Hall–Kier alpha value is -3.45. The molecule has 1 aliphatic rings. The normalized spacial score (nSPS) is 16.6. The van der Waals surface area contributed by atoms with E-state index in [0.717, 1.165) is 67.4 Å². The standard InChI is InChI=1S/C32H42N4O3/c1-23(37)12-5-3-8-18-29(35-31(38)25-15-11-21-36(2)22-25)32(39)33-20-19-27-26-16-9-10-17-28(26)34-30(27)24-13-6-4-7-14-24/h4,6-7,9-10,13-14,16-17,25,29,34H,3,5,8,11-12,15,18-22H2,1-2H3,(H,33,39)(H,35,38)/t25?,29-/m0/s1. The molecular formula is C32H42N4O3. The first kappa shape index (κ1) is 28.6. The summed E-state index contributed by atoms with van der Waals surface area (Å²) in [6, 6.07) is 17.9. The number of carbonyl (C=O) groups is 3. The number of fused-ring (bicyclic) bond motifs is 1. The molecule has 3 N–H and O–H groups in total. The zero-order chi connectivity index (χ0) is 27.6. The summed E-state index contributed by atoms with van der Waals surface area (Å²) in [7, 11) is 2.03. The lowest BCUT2D eigenvalue weighted by Gasteiger charge is -2.30. The second-order valence-electron chi connectivity index (χ2n) is 10.9. The van der Waals surface area contributed by atoms with Gasteiger partial charge in [-0.1, -0.05) is 61.4 Å². The van der Waals surface area contributed by atoms with E-state index in [-0.39, 0.29) is 23.5 Å². The van der Waals surface area contributed by atoms with Crippen LogP contribution >= 0.6 is 0 Å². The summed E-state index contributed by atoms with van der Waals surface area (Å²) in [6.07, 6.45) is 6.11. The smallest absolute Gasteiger partial charge is 0.242 e. The quantitative estimate of drug-likeness (QED) is 0.275. The van der Waals surface area contributed by atoms with E-state index in [4.69, 9.17) is 0 Å². The van der Waals surface area contributed by atoms with Crippen LogP contribution in [0.3, 0.4) is 0 Å². The minimum absolute atomic E-state index is 0.0339. The Morgan fingerprint density at radius 2 is 1.79 bits per heavy atom. The minimum atomic E-state index is -0.571. The number of likely N-dealkylation sites (tertiary alicyclic amines) is 1. The lowest BCUT2D eigenvalue weighted by Crippen LogP contribution is -2.51. The molecule has 0 aliphatic carbocycles. The molecule has 7 heteroatoms. The van der Waals surface area contributed by atoms with E-state index >= 15 is 0 Å². The summed E-state index contributed by atoms with van der Waals surface area (Å²) < 4.78 is 0. The summed E-state index contributed by atoms with van der Waals surface area (Å²) in [6.45, 7) is 3.81. The highest BCUT2D eigenvalue weighted by Crippen LogP contribution is 2.30. The van der Waals surface area contributed by atoms with Crippen LogP contribution in [0.25, 0.3) is 22.2 Å². The summed E-state index contributed by atoms with van der Waals surface area (Å²) in [5.41, 5.74) is 4.43. The molecule has 1 unspecified atom stereocenters. The molecule has 1 aliphatic heterocycles. The predicted molar refractivity (Wildman–Crippen MR) is 156 cm³/mol. The van der Waals surface area contributed by atoms with Crippen molar-refractivity contribution in [1.29, 1.82) is 0 Å². The maximum Gasteiger partial charge on any atom is 0.242 e. The number of hydrogen-bond donors (Lipinski definition) is 3. The number of benzene rings is 2. The molecule has 1 aromatic heterocycles. The molecule has 0 saturated carbocycles. The zero-order valence-electron chi connectivity index (χ0n) is 23.3. The Morgan fingerprint density at radius 3 is 2.56 bits per heavy atom. The second kappa shape index (κ2) is 14.1. The number of nitrogens with one attached hydrogen (secondary N) is 3. The highest BCUT2D eigenvalue weighted by molar-refractivity contribution is 5.91. The molecule has 0 spiro atoms. The van der Waals surface area contributed by atoms with Crippen LogP contribution in [0.15, 0.2) is 54.6 Å². The van der Waals surface area contributed by atoms with Crippen LogP contribution in [0.1, 0.15) is 57.4 Å². The van der Waals surface area contributed by atoms with Crippen molar-refractivity contribution in [1.82, 2.24) is 20.5 Å². The average molecular weight is 531 g/mol. The van der Waals surface area contributed by atoms with Crippen molar-refractivity contribution in [2.45, 2.75) is 64.3 Å². The maximum absolute atomic E-state index is 13.3. The summed E-state index contributed by atoms with van der Waals surface area (Å²) in [5, 5.41) is 7.33. The van der Waals surface area contributed by atoms with Gasteiger partial charge in [-0.3, -0.25) is 9.59 Å². The molecule has 39 heavy (non-hydrogen) atoms. The monoisotopic (exact) mass is 530 g/mol. The van der Waals surface area contributed by atoms with Gasteiger partial charge in [0.2, 0.25) is 11.8 Å². The number of nitrogens with zero attached hydrogens (tertiary/aromatic N) is 1. The van der Waals surface area contributed by atoms with Gasteiger partial charge in [-0.05, 0) is 69.8 Å². The Balaban J connectivity index is 1.41. The van der Waals surface area contributed by atoms with Crippen molar-refractivity contribution in [2.24, 2.45) is 5.92 Å². The van der Waals surface area contributed by atoms with Crippen LogP contribution < -0.4 is 10.6 Å². The molecule has 0 radical (unpaired) electrons. The number of aromatic amines is 1. The zero-order valence-corrected chi connectivity index (χ0v) is 23.3. The first-order valence-corrected chi connectivity index (χ1v) is 14.3. The van der Waals surface area contributed by atoms with Crippen LogP contribution in [0.2, 0.25) is 0 Å². The molecule has 2 amide bonds. The third-order valence-corrected chi connectivity index (χ3v) is 7.70. The largest absolute Gasteiger partial charge is 0.354 e. The van der Waals surface area contributed by atoms with Gasteiger partial charge >= 0.3 is 0 Å². The van der Waals surface area contributed by atoms with Crippen molar-refractivity contribution in [3.63, 3.8) is 0 Å². The number of para-hydroxylation sites is 1. The van der Waals surface area contributed by atoms with E-state index in [9.17, 15) is 14.4 Å². The fourth-order valence-corrected chi connectivity index (χ4v) is 5.58. The molecule has 2 atom stereocenters. The predicted octanol–water partition coefficient (Wildman–Crippen LogP) is 4.86. The van der Waals surface area contributed by atoms with Crippen molar-refractivity contribution in [2.75, 3.05) is 26.7 Å². The summed E-state index contributed by atoms with van der Waals surface area (Å²) in [5.74, 6) is -0.0730. The van der Waals surface area contributed by atoms with Crippen LogP contribution in [0.4, 0.5) is 0 Å². The van der Waals surface area contributed by atoms with Gasteiger partial charge in [-0.25, -0.2) is 0 Å². The molecule has 0 bridgehead atoms. The number of hydrogen-bond acceptors (Lipinski definition) is 4. The number of rotatable bonds is 13. The number of H-pyrrole nitrogens is 1. The van der Waals surface area contributed by atoms with Gasteiger partial charge in [0.25, 0.3) is 0 Å². The molecule has 1 fully saturated rings. The highest BCUT2D eigenvalue weighted by Gasteiger charge is 2.28. The maximum atomic E-state index is 13.3. The first-order valence-electron chi connectivity index (χ1n) is 14.3. The van der Waals surface area contributed by atoms with Gasteiger partial charge in [0.1, 0.15) is 11.8 Å². The minimum Gasteiger partial charge on any atom is -0.354 e. The van der Waals surface area contributed by atoms with E-state index in [2.05, 4.69) is 44.8 Å². The van der Waals surface area contributed by atoms with Crippen LogP contribution in [0.5, 0.6) is 0 Å². The van der Waals surface area contributed by atoms with Gasteiger partial charge < -0.3 is 25.3 Å². The van der Waals surface area contributed by atoms with Crippen LogP contribution in [0, 0.1) is 5.92 Å². The SMILES string of the molecule is CC(=O)CCCCC[C@H](NC(=O)C1CCCN(C)C1)C(=O)NCCc1c(-c2ccccc2)[nH]c2ccccc12. The van der Waals surface area contributed by atoms with Crippen molar-refractivity contribution >= 4 is 28.5 Å². The Labute approximate surface area is 231 Å². The third-order valence-electron chi connectivity index (χ3n) is 7.70. The van der Waals surface area contributed by atoms with Gasteiger partial charge in [-0.15, -0.1) is 0 Å². The number of Topliss-reactive ketones (excluding diaryl/α,β-unsaturated/α-hetero) is 1. The van der Waals surface area contributed by atoms with Crippen molar-refractivity contribution in [3.8, 4) is 11.3 Å². The lowest BCUT2D eigenvalue weighted by molar-refractivity contribution is -0.132. The molecule has 208 valence electrons. The Kier molecular flexibility index (Phi) is 10.3. The van der Waals surface area contributed by atoms with Crippen LogP contribution in [-0.2, 0) is 20.8 Å². The molecule has 2 heterocycles. The second-order valence-corrected chi connectivity index (χ2v) is 10.9. The van der Waals surface area contributed by atoms with E-state index < -0.39 is 6.04 Å². The Morgan fingerprint density at radius 1 is 1.03 bits per heavy atom. The molecule has 4 rings (SSSR count). The summed E-state index contributed by atoms with van der Waals surface area (Å²) >= 11 is 0. The van der Waals surface area contributed by atoms with Crippen molar-refractivity contribution in [3.05, 3.63) is 60.2 Å². The molecular weight excluding hydrogens is 488 g/mol. The molecule has 7 nitrogen and oxygen atoms in total. The number of amides is 2. The van der Waals surface area contributed by atoms with E-state index in [0.29, 0.717) is 25.8 Å². The van der Waals surface area contributed by atoms with Gasteiger partial charge in [0.15, 0.2) is 0 Å². The van der Waals surface area contributed by atoms with Gasteiger partial charge in [0.05, 0.1) is 5.92 Å². The first-order chi connectivity index (χ1) is 18.9. The highest BCUT2D eigenvalue weighted by atomic mass is 16.2. The fraction of sp³-hybridized carbons (Fsp3) is 0.469. The Bertz CT molecular complexity index is 1250. The number of unbranched alkanes of at least 4 members (excludes halogenated alkanes) is 2. The van der Waals surface area contributed by atoms with E-state index in [1.807, 2.05) is 37.4 Å². The van der Waals surface area contributed by atoms with E-state index in [1.165, 1.54) is 5.56 Å². The molecule has 3 aromatic rings. The van der Waals surface area contributed by atoms with Crippen LogP contribution in [-0.4, -0.2) is 60.2 Å². The average Bonchev–Trinajstić information content (AvgIpc) is 3.31. The van der Waals surface area contributed by atoms with Gasteiger partial charge in [-0.2, -0.15) is 0 Å². The molecule has 1 saturated heterocycles. The number of ketones is 1. The third kappa shape index (κ3) is 8.02. The van der Waals surface area contributed by atoms with E-state index in [1.54, 1.807) is 6.92 Å². The van der Waals surface area contributed by atoms with Gasteiger partial charge in [0, 0.05) is 36.1 Å².